The van der Waals surface area contributed by atoms with Gasteiger partial charge in [0.25, 0.3) is 0 Å². The van der Waals surface area contributed by atoms with Crippen molar-refractivity contribution < 1.29 is 0 Å². The van der Waals surface area contributed by atoms with Gasteiger partial charge in [0.2, 0.25) is 0 Å². The highest BCUT2D eigenvalue weighted by molar-refractivity contribution is 5.28. The van der Waals surface area contributed by atoms with Crippen molar-refractivity contribution in [3.05, 3.63) is 35.4 Å². The zero-order valence-electron chi connectivity index (χ0n) is 11.9. The quantitative estimate of drug-likeness (QED) is 0.865. The Morgan fingerprint density at radius 3 is 2.42 bits per heavy atom. The van der Waals surface area contributed by atoms with Crippen LogP contribution in [0.2, 0.25) is 0 Å². The highest BCUT2D eigenvalue weighted by Crippen LogP contribution is 2.26. The second kappa shape index (κ2) is 6.04. The monoisotopic (exact) mass is 259 g/mol. The average Bonchev–Trinajstić information content (AvgIpc) is 3.02. The first-order chi connectivity index (χ1) is 9.34. The Morgan fingerprint density at radius 2 is 1.79 bits per heavy atom. The van der Waals surface area contributed by atoms with Crippen LogP contribution in [0.15, 0.2) is 24.3 Å². The fraction of sp³-hybridized carbons (Fsp3) is 0.625. The van der Waals surface area contributed by atoms with Crippen LogP contribution in [-0.2, 0) is 0 Å². The van der Waals surface area contributed by atoms with Gasteiger partial charge in [0.05, 0.1) is 0 Å². The van der Waals surface area contributed by atoms with E-state index < -0.39 is 0 Å². The van der Waals surface area contributed by atoms with Gasteiger partial charge in [-0.15, -0.1) is 0 Å². The Bertz CT molecular complexity index is 389. The van der Waals surface area contributed by atoms with Crippen LogP contribution in [0.25, 0.3) is 0 Å². The summed E-state index contributed by atoms with van der Waals surface area (Å²) in [5, 5.41) is 6.86. The fourth-order valence-corrected chi connectivity index (χ4v) is 3.27. The second-order valence-corrected chi connectivity index (χ2v) is 5.82. The lowest BCUT2D eigenvalue weighted by Crippen LogP contribution is -2.44. The third kappa shape index (κ3) is 2.99. The maximum absolute atomic E-state index is 3.44. The molecule has 0 bridgehead atoms. The van der Waals surface area contributed by atoms with Crippen LogP contribution in [0.5, 0.6) is 0 Å². The Hall–Kier alpha value is -0.900. The van der Waals surface area contributed by atoms with E-state index in [0.717, 1.165) is 38.6 Å². The maximum atomic E-state index is 3.44. The third-order valence-electron chi connectivity index (χ3n) is 4.65. The van der Waals surface area contributed by atoms with Crippen LogP contribution in [0.4, 0.5) is 0 Å². The molecule has 0 aliphatic carbocycles. The van der Waals surface area contributed by atoms with Crippen molar-refractivity contribution >= 4 is 0 Å². The molecule has 0 saturated carbocycles. The average molecular weight is 259 g/mol. The van der Waals surface area contributed by atoms with Gasteiger partial charge < -0.3 is 10.6 Å². The van der Waals surface area contributed by atoms with Gasteiger partial charge in [-0.2, -0.15) is 0 Å². The van der Waals surface area contributed by atoms with Crippen LogP contribution in [-0.4, -0.2) is 44.2 Å². The van der Waals surface area contributed by atoms with E-state index in [2.05, 4.69) is 46.7 Å². The Labute approximate surface area is 116 Å². The third-order valence-corrected chi connectivity index (χ3v) is 4.65. The zero-order valence-corrected chi connectivity index (χ0v) is 11.9. The van der Waals surface area contributed by atoms with E-state index in [1.54, 1.807) is 0 Å². The van der Waals surface area contributed by atoms with E-state index >= 15 is 0 Å². The maximum Gasteiger partial charge on any atom is 0.0320 e. The molecule has 0 amide bonds. The molecule has 2 N–H and O–H groups in total. The van der Waals surface area contributed by atoms with Gasteiger partial charge in [-0.1, -0.05) is 24.3 Å². The Balaban J connectivity index is 1.67. The molecular weight excluding hydrogens is 234 g/mol. The number of piperazine rings is 1. The number of nitrogens with zero attached hydrogens (tertiary/aromatic N) is 1. The molecule has 0 radical (unpaired) electrons. The molecule has 0 aromatic heterocycles. The molecule has 2 heterocycles. The van der Waals surface area contributed by atoms with Crippen molar-refractivity contribution in [3.8, 4) is 0 Å². The van der Waals surface area contributed by atoms with E-state index in [1.807, 2.05) is 0 Å². The molecule has 2 saturated heterocycles. The number of hydrogen-bond donors (Lipinski definition) is 2. The molecule has 2 aliphatic rings. The van der Waals surface area contributed by atoms with Gasteiger partial charge in [-0.05, 0) is 36.9 Å². The molecule has 1 aromatic carbocycles. The predicted molar refractivity (Wildman–Crippen MR) is 79.5 cm³/mol. The molecule has 2 aliphatic heterocycles. The van der Waals surface area contributed by atoms with E-state index in [-0.39, 0.29) is 0 Å². The molecule has 3 heteroatoms. The molecule has 1 aromatic rings. The van der Waals surface area contributed by atoms with Gasteiger partial charge in [0.1, 0.15) is 0 Å². The van der Waals surface area contributed by atoms with Gasteiger partial charge in [-0.25, -0.2) is 0 Å². The fourth-order valence-electron chi connectivity index (χ4n) is 3.27. The first kappa shape index (κ1) is 13.1. The van der Waals surface area contributed by atoms with Crippen LogP contribution in [0.3, 0.4) is 0 Å². The lowest BCUT2D eigenvalue weighted by Gasteiger charge is -2.33. The Morgan fingerprint density at radius 1 is 1.05 bits per heavy atom. The lowest BCUT2D eigenvalue weighted by atomic mass is 9.95. The highest BCUT2D eigenvalue weighted by Gasteiger charge is 2.19. The van der Waals surface area contributed by atoms with Crippen LogP contribution in [0.1, 0.15) is 36.4 Å². The van der Waals surface area contributed by atoms with Crippen molar-refractivity contribution in [2.24, 2.45) is 0 Å². The SMILES string of the molecule is CC(c1ccc(C2CCNC2)cc1)N1CCNCC1. The van der Waals surface area contributed by atoms with E-state index in [4.69, 9.17) is 0 Å². The number of benzene rings is 1. The van der Waals surface area contributed by atoms with Crippen molar-refractivity contribution in [1.29, 1.82) is 0 Å². The summed E-state index contributed by atoms with van der Waals surface area (Å²) in [6.45, 7) is 9.21. The van der Waals surface area contributed by atoms with Crippen LogP contribution >= 0.6 is 0 Å². The minimum absolute atomic E-state index is 0.540. The summed E-state index contributed by atoms with van der Waals surface area (Å²) in [6.07, 6.45) is 1.28. The molecule has 104 valence electrons. The van der Waals surface area contributed by atoms with E-state index in [0.29, 0.717) is 6.04 Å². The zero-order chi connectivity index (χ0) is 13.1. The second-order valence-electron chi connectivity index (χ2n) is 5.82. The molecular formula is C16H25N3. The number of hydrogen-bond acceptors (Lipinski definition) is 3. The molecule has 0 spiro atoms. The summed E-state index contributed by atoms with van der Waals surface area (Å²) < 4.78 is 0. The normalized spacial score (nSPS) is 26.5. The summed E-state index contributed by atoms with van der Waals surface area (Å²) in [5.41, 5.74) is 2.96. The topological polar surface area (TPSA) is 27.3 Å². The first-order valence-electron chi connectivity index (χ1n) is 7.60. The van der Waals surface area contributed by atoms with Gasteiger partial charge in [-0.3, -0.25) is 4.90 Å². The highest BCUT2D eigenvalue weighted by atomic mass is 15.2. The number of rotatable bonds is 3. The molecule has 19 heavy (non-hydrogen) atoms. The first-order valence-corrected chi connectivity index (χ1v) is 7.60. The molecule has 2 fully saturated rings. The van der Waals surface area contributed by atoms with E-state index in [1.165, 1.54) is 24.1 Å². The van der Waals surface area contributed by atoms with Crippen molar-refractivity contribution in [2.75, 3.05) is 39.3 Å². The van der Waals surface area contributed by atoms with Crippen molar-refractivity contribution in [3.63, 3.8) is 0 Å². The van der Waals surface area contributed by atoms with Crippen LogP contribution in [0, 0.1) is 0 Å². The Kier molecular flexibility index (Phi) is 4.16. The van der Waals surface area contributed by atoms with Gasteiger partial charge in [0.15, 0.2) is 0 Å². The summed E-state index contributed by atoms with van der Waals surface area (Å²) >= 11 is 0. The number of nitrogens with one attached hydrogen (secondary N) is 2. The standard InChI is InChI=1S/C16H25N3/c1-13(19-10-8-17-9-11-19)14-2-4-15(5-3-14)16-6-7-18-12-16/h2-5,13,16-18H,6-12H2,1H3. The largest absolute Gasteiger partial charge is 0.316 e. The molecule has 2 unspecified atom stereocenters. The minimum atomic E-state index is 0.540. The predicted octanol–water partition coefficient (Wildman–Crippen LogP) is 1.73. The van der Waals surface area contributed by atoms with Gasteiger partial charge in [0, 0.05) is 38.8 Å². The summed E-state index contributed by atoms with van der Waals surface area (Å²) in [5.74, 6) is 0.726. The summed E-state index contributed by atoms with van der Waals surface area (Å²) in [4.78, 5) is 2.57. The van der Waals surface area contributed by atoms with E-state index in [9.17, 15) is 0 Å². The molecule has 3 nitrogen and oxygen atoms in total. The smallest absolute Gasteiger partial charge is 0.0320 e. The van der Waals surface area contributed by atoms with Gasteiger partial charge >= 0.3 is 0 Å². The van der Waals surface area contributed by atoms with Crippen LogP contribution < -0.4 is 10.6 Å². The summed E-state index contributed by atoms with van der Waals surface area (Å²) in [6, 6.07) is 9.89. The molecule has 2 atom stereocenters. The lowest BCUT2D eigenvalue weighted by molar-refractivity contribution is 0.185. The van der Waals surface area contributed by atoms with Crippen molar-refractivity contribution in [1.82, 2.24) is 15.5 Å². The minimum Gasteiger partial charge on any atom is -0.316 e. The summed E-state index contributed by atoms with van der Waals surface area (Å²) in [7, 11) is 0. The van der Waals surface area contributed by atoms with Crippen molar-refractivity contribution in [2.45, 2.75) is 25.3 Å². The molecule has 3 rings (SSSR count).